The minimum Gasteiger partial charge on any atom is -0.369 e. The van der Waals surface area contributed by atoms with E-state index in [4.69, 9.17) is 5.73 Å². The topological polar surface area (TPSA) is 60.9 Å². The van der Waals surface area contributed by atoms with Crippen LogP contribution in [0.2, 0.25) is 0 Å². The molecule has 2 N–H and O–H groups in total. The molecule has 150 valence electrons. The molecular formula is C22H41N3O. The minimum atomic E-state index is -0.267. The molecule has 1 heterocycles. The van der Waals surface area contributed by atoms with Crippen molar-refractivity contribution in [2.24, 2.45) is 28.6 Å². The second-order valence-electron chi connectivity index (χ2n) is 10.7. The number of hydrogen-bond acceptors (Lipinski definition) is 3. The van der Waals surface area contributed by atoms with E-state index in [1.807, 2.05) is 4.57 Å². The normalized spacial score (nSPS) is 16.3. The standard InChI is InChI=1S/C22H41N3O/c1-16(13-21(3,4)5)9-10-18(17(2)14-22(6,7)8)15-25-12-11-19(26)24-20(25)23/h11-12,16-18H,9-10,13-15H2,1-8H3,(H2,23,24,26). The van der Waals surface area contributed by atoms with Gasteiger partial charge in [0.2, 0.25) is 5.95 Å². The van der Waals surface area contributed by atoms with Crippen molar-refractivity contribution in [3.05, 3.63) is 22.6 Å². The Kier molecular flexibility index (Phi) is 7.91. The molecule has 3 unspecified atom stereocenters. The highest BCUT2D eigenvalue weighted by Crippen LogP contribution is 2.34. The third-order valence-electron chi connectivity index (χ3n) is 5.08. The maximum absolute atomic E-state index is 11.4. The van der Waals surface area contributed by atoms with Gasteiger partial charge in [-0.05, 0) is 47.8 Å². The molecule has 0 aromatic carbocycles. The Bertz CT molecular complexity index is 607. The largest absolute Gasteiger partial charge is 0.369 e. The number of anilines is 1. The summed E-state index contributed by atoms with van der Waals surface area (Å²) in [5.41, 5.74) is 6.40. The van der Waals surface area contributed by atoms with Crippen molar-refractivity contribution in [1.82, 2.24) is 9.55 Å². The molecule has 4 heteroatoms. The number of rotatable bonds is 8. The van der Waals surface area contributed by atoms with Crippen LogP contribution in [0.15, 0.2) is 17.1 Å². The number of nitrogen functional groups attached to an aromatic ring is 1. The third kappa shape index (κ3) is 8.86. The summed E-state index contributed by atoms with van der Waals surface area (Å²) in [4.78, 5) is 15.3. The van der Waals surface area contributed by atoms with Gasteiger partial charge >= 0.3 is 0 Å². The van der Waals surface area contributed by atoms with E-state index in [9.17, 15) is 4.79 Å². The summed E-state index contributed by atoms with van der Waals surface area (Å²) in [5, 5.41) is 0. The first-order valence-electron chi connectivity index (χ1n) is 10.1. The number of nitrogens with zero attached hydrogens (tertiary/aromatic N) is 2. The maximum atomic E-state index is 11.4. The third-order valence-corrected chi connectivity index (χ3v) is 5.08. The van der Waals surface area contributed by atoms with Crippen molar-refractivity contribution < 1.29 is 0 Å². The Morgan fingerprint density at radius 2 is 1.62 bits per heavy atom. The molecule has 0 amide bonds. The number of nitrogens with two attached hydrogens (primary N) is 1. The zero-order chi connectivity index (χ0) is 20.1. The average Bonchev–Trinajstić information content (AvgIpc) is 2.41. The van der Waals surface area contributed by atoms with Crippen LogP contribution in [0.3, 0.4) is 0 Å². The summed E-state index contributed by atoms with van der Waals surface area (Å²) >= 11 is 0. The van der Waals surface area contributed by atoms with Crippen LogP contribution in [-0.2, 0) is 6.54 Å². The van der Waals surface area contributed by atoms with Gasteiger partial charge in [0.1, 0.15) is 0 Å². The van der Waals surface area contributed by atoms with E-state index < -0.39 is 0 Å². The zero-order valence-electron chi connectivity index (χ0n) is 18.3. The second-order valence-corrected chi connectivity index (χ2v) is 10.7. The summed E-state index contributed by atoms with van der Waals surface area (Å²) in [6.45, 7) is 19.4. The maximum Gasteiger partial charge on any atom is 0.274 e. The summed E-state index contributed by atoms with van der Waals surface area (Å²) in [6.07, 6.45) is 6.62. The van der Waals surface area contributed by atoms with Crippen molar-refractivity contribution in [2.75, 3.05) is 5.73 Å². The number of hydrogen-bond donors (Lipinski definition) is 1. The summed E-state index contributed by atoms with van der Waals surface area (Å²) < 4.78 is 1.94. The summed E-state index contributed by atoms with van der Waals surface area (Å²) in [6, 6.07) is 1.50. The van der Waals surface area contributed by atoms with Gasteiger partial charge in [-0.15, -0.1) is 0 Å². The van der Waals surface area contributed by atoms with E-state index in [1.165, 1.54) is 31.7 Å². The Hall–Kier alpha value is -1.32. The molecule has 0 aliphatic carbocycles. The highest BCUT2D eigenvalue weighted by atomic mass is 16.1. The van der Waals surface area contributed by atoms with Gasteiger partial charge in [-0.2, -0.15) is 4.98 Å². The van der Waals surface area contributed by atoms with Crippen molar-refractivity contribution in [3.63, 3.8) is 0 Å². The van der Waals surface area contributed by atoms with Crippen LogP contribution in [0.1, 0.15) is 81.1 Å². The van der Waals surface area contributed by atoms with E-state index in [2.05, 4.69) is 60.4 Å². The van der Waals surface area contributed by atoms with Gasteiger partial charge in [0.15, 0.2) is 0 Å². The quantitative estimate of drug-likeness (QED) is 0.675. The summed E-state index contributed by atoms with van der Waals surface area (Å²) in [7, 11) is 0. The molecule has 0 saturated heterocycles. The fourth-order valence-electron chi connectivity index (χ4n) is 4.19. The molecule has 0 fully saturated rings. The van der Waals surface area contributed by atoms with Gasteiger partial charge in [-0.1, -0.05) is 61.8 Å². The lowest BCUT2D eigenvalue weighted by Gasteiger charge is -2.32. The molecule has 4 nitrogen and oxygen atoms in total. The van der Waals surface area contributed by atoms with Crippen LogP contribution < -0.4 is 11.3 Å². The van der Waals surface area contributed by atoms with Crippen LogP contribution in [0.4, 0.5) is 5.95 Å². The molecule has 1 rings (SSSR count). The van der Waals surface area contributed by atoms with Crippen LogP contribution in [0.5, 0.6) is 0 Å². The SMILES string of the molecule is CC(CCC(Cn1ccc(=O)nc1N)C(C)CC(C)(C)C)CC(C)(C)C. The van der Waals surface area contributed by atoms with Gasteiger partial charge in [0, 0.05) is 18.8 Å². The molecule has 26 heavy (non-hydrogen) atoms. The predicted molar refractivity (Wildman–Crippen MR) is 112 cm³/mol. The molecule has 0 aliphatic rings. The average molecular weight is 364 g/mol. The van der Waals surface area contributed by atoms with Gasteiger partial charge in [0.25, 0.3) is 5.56 Å². The van der Waals surface area contributed by atoms with E-state index in [0.29, 0.717) is 34.5 Å². The molecular weight excluding hydrogens is 322 g/mol. The Labute approximate surface area is 160 Å². The first kappa shape index (κ1) is 22.7. The Morgan fingerprint density at radius 3 is 2.12 bits per heavy atom. The van der Waals surface area contributed by atoms with Crippen molar-refractivity contribution in [1.29, 1.82) is 0 Å². The monoisotopic (exact) mass is 363 g/mol. The van der Waals surface area contributed by atoms with Crippen LogP contribution in [0, 0.1) is 28.6 Å². The molecule has 1 aromatic rings. The van der Waals surface area contributed by atoms with E-state index in [1.54, 1.807) is 6.20 Å². The second kappa shape index (κ2) is 9.05. The first-order valence-corrected chi connectivity index (χ1v) is 10.1. The molecule has 0 saturated carbocycles. The smallest absolute Gasteiger partial charge is 0.274 e. The molecule has 0 bridgehead atoms. The Balaban J connectivity index is 2.86. The van der Waals surface area contributed by atoms with Gasteiger partial charge in [0.05, 0.1) is 0 Å². The lowest BCUT2D eigenvalue weighted by molar-refractivity contribution is 0.194. The molecule has 0 radical (unpaired) electrons. The van der Waals surface area contributed by atoms with E-state index in [0.717, 1.165) is 6.54 Å². The lowest BCUT2D eigenvalue weighted by Crippen LogP contribution is -2.26. The Morgan fingerprint density at radius 1 is 1.04 bits per heavy atom. The van der Waals surface area contributed by atoms with Crippen molar-refractivity contribution in [3.8, 4) is 0 Å². The highest BCUT2D eigenvalue weighted by Gasteiger charge is 2.25. The number of aromatic nitrogens is 2. The molecule has 3 atom stereocenters. The first-order chi connectivity index (χ1) is 11.8. The fraction of sp³-hybridized carbons (Fsp3) is 0.818. The van der Waals surface area contributed by atoms with E-state index in [-0.39, 0.29) is 5.56 Å². The van der Waals surface area contributed by atoms with Crippen LogP contribution in [0.25, 0.3) is 0 Å². The lowest BCUT2D eigenvalue weighted by atomic mass is 9.76. The van der Waals surface area contributed by atoms with Crippen molar-refractivity contribution in [2.45, 2.75) is 87.6 Å². The summed E-state index contributed by atoms with van der Waals surface area (Å²) in [5.74, 6) is 2.16. The van der Waals surface area contributed by atoms with Gasteiger partial charge in [-0.25, -0.2) is 0 Å². The zero-order valence-corrected chi connectivity index (χ0v) is 18.3. The molecule has 1 aromatic heterocycles. The van der Waals surface area contributed by atoms with Crippen molar-refractivity contribution >= 4 is 5.95 Å². The highest BCUT2D eigenvalue weighted by molar-refractivity contribution is 5.16. The van der Waals surface area contributed by atoms with Gasteiger partial charge < -0.3 is 10.3 Å². The van der Waals surface area contributed by atoms with Crippen LogP contribution in [-0.4, -0.2) is 9.55 Å². The predicted octanol–water partition coefficient (Wildman–Crippen LogP) is 5.37. The van der Waals surface area contributed by atoms with Crippen LogP contribution >= 0.6 is 0 Å². The van der Waals surface area contributed by atoms with E-state index >= 15 is 0 Å². The van der Waals surface area contributed by atoms with Gasteiger partial charge in [-0.3, -0.25) is 4.79 Å². The molecule has 0 aliphatic heterocycles. The molecule has 0 spiro atoms. The fourth-order valence-corrected chi connectivity index (χ4v) is 4.19. The minimum absolute atomic E-state index is 0.267.